The van der Waals surface area contributed by atoms with Crippen LogP contribution >= 0.6 is 0 Å². The Labute approximate surface area is 289 Å². The van der Waals surface area contributed by atoms with Crippen molar-refractivity contribution in [1.29, 1.82) is 0 Å². The lowest BCUT2D eigenvalue weighted by molar-refractivity contribution is -0.161. The summed E-state index contributed by atoms with van der Waals surface area (Å²) in [6.07, 6.45) is 49.6. The molecule has 0 aromatic heterocycles. The number of allylic oxidation sites excluding steroid dienone is 12. The van der Waals surface area contributed by atoms with E-state index in [-0.39, 0.29) is 25.2 Å². The molecule has 1 N–H and O–H groups in total. The summed E-state index contributed by atoms with van der Waals surface area (Å²) in [7, 11) is 0. The van der Waals surface area contributed by atoms with Gasteiger partial charge in [0, 0.05) is 12.8 Å². The second kappa shape index (κ2) is 37.8. The molecule has 0 rings (SSSR count). The summed E-state index contributed by atoms with van der Waals surface area (Å²) >= 11 is 0. The monoisotopic (exact) mass is 655 g/mol. The fourth-order valence-electron chi connectivity index (χ4n) is 4.91. The Bertz CT molecular complexity index is 879. The van der Waals surface area contributed by atoms with Crippen molar-refractivity contribution in [2.24, 2.45) is 0 Å². The molecule has 0 heterocycles. The molecule has 5 nitrogen and oxygen atoms in total. The molecule has 0 fully saturated rings. The number of hydrogen-bond donors (Lipinski definition) is 1. The molecule has 0 bridgehead atoms. The molecule has 0 saturated heterocycles. The largest absolute Gasteiger partial charge is 0.462 e. The second-order valence-corrected chi connectivity index (χ2v) is 12.3. The van der Waals surface area contributed by atoms with Gasteiger partial charge in [-0.15, -0.1) is 0 Å². The minimum Gasteiger partial charge on any atom is -0.462 e. The van der Waals surface area contributed by atoms with Crippen molar-refractivity contribution >= 4 is 11.9 Å². The standard InChI is InChI=1S/C42H70O5/c1-3-5-7-9-11-13-15-17-18-19-20-21-22-23-24-25-27-29-31-33-35-37-42(45)47-40(38-43)39-46-41(44)36-34-32-30-28-26-16-14-12-10-8-6-4-2/h5,7,11,13,17-18,20-21,23-24,27,29,40,43H,3-4,6,8-10,12,14-16,19,22,25-26,28,30-39H2,1-2H3/b7-5-,13-11-,18-17-,21-20-,24-23-,29-27-. The normalized spacial score (nSPS) is 13.0. The molecule has 0 amide bonds. The fraction of sp³-hybridized carbons (Fsp3) is 0.667. The summed E-state index contributed by atoms with van der Waals surface area (Å²) in [4.78, 5) is 24.2. The Hall–Kier alpha value is -2.66. The van der Waals surface area contributed by atoms with Crippen LogP contribution in [0.5, 0.6) is 0 Å². The molecule has 0 aromatic carbocycles. The van der Waals surface area contributed by atoms with Crippen molar-refractivity contribution < 1.29 is 24.2 Å². The van der Waals surface area contributed by atoms with Crippen molar-refractivity contribution in [1.82, 2.24) is 0 Å². The zero-order valence-electron chi connectivity index (χ0n) is 30.3. The van der Waals surface area contributed by atoms with Crippen LogP contribution in [0.25, 0.3) is 0 Å². The van der Waals surface area contributed by atoms with Crippen molar-refractivity contribution in [2.75, 3.05) is 13.2 Å². The maximum atomic E-state index is 12.1. The Morgan fingerprint density at radius 3 is 1.38 bits per heavy atom. The highest BCUT2D eigenvalue weighted by molar-refractivity contribution is 5.70. The quantitative estimate of drug-likeness (QED) is 0.0433. The number of aliphatic hydroxyl groups excluding tert-OH is 1. The minimum absolute atomic E-state index is 0.0854. The zero-order valence-corrected chi connectivity index (χ0v) is 30.3. The van der Waals surface area contributed by atoms with Gasteiger partial charge >= 0.3 is 11.9 Å². The van der Waals surface area contributed by atoms with E-state index in [2.05, 4.69) is 86.8 Å². The van der Waals surface area contributed by atoms with Crippen molar-refractivity contribution in [3.8, 4) is 0 Å². The Morgan fingerprint density at radius 1 is 0.511 bits per heavy atom. The predicted molar refractivity (Wildman–Crippen MR) is 200 cm³/mol. The summed E-state index contributed by atoms with van der Waals surface area (Å²) in [6.45, 7) is 3.97. The van der Waals surface area contributed by atoms with Gasteiger partial charge in [-0.25, -0.2) is 0 Å². The molecule has 0 saturated carbocycles. The maximum Gasteiger partial charge on any atom is 0.306 e. The molecule has 0 aliphatic carbocycles. The van der Waals surface area contributed by atoms with E-state index in [0.29, 0.717) is 12.8 Å². The molecular weight excluding hydrogens is 584 g/mol. The van der Waals surface area contributed by atoms with E-state index in [4.69, 9.17) is 9.47 Å². The van der Waals surface area contributed by atoms with E-state index in [9.17, 15) is 14.7 Å². The summed E-state index contributed by atoms with van der Waals surface area (Å²) in [5, 5.41) is 9.53. The summed E-state index contributed by atoms with van der Waals surface area (Å²) in [5.74, 6) is -0.647. The summed E-state index contributed by atoms with van der Waals surface area (Å²) in [5.41, 5.74) is 0. The molecule has 0 spiro atoms. The highest BCUT2D eigenvalue weighted by Crippen LogP contribution is 2.13. The number of unbranched alkanes of at least 4 members (excludes halogenated alkanes) is 13. The van der Waals surface area contributed by atoms with Gasteiger partial charge in [-0.2, -0.15) is 0 Å². The van der Waals surface area contributed by atoms with Gasteiger partial charge in [0.2, 0.25) is 0 Å². The molecule has 5 heteroatoms. The van der Waals surface area contributed by atoms with Crippen LogP contribution in [0.1, 0.15) is 162 Å². The van der Waals surface area contributed by atoms with Gasteiger partial charge in [-0.1, -0.05) is 157 Å². The molecule has 0 aliphatic rings. The van der Waals surface area contributed by atoms with Gasteiger partial charge < -0.3 is 14.6 Å². The van der Waals surface area contributed by atoms with Crippen LogP contribution in [0.15, 0.2) is 72.9 Å². The Kier molecular flexibility index (Phi) is 35.7. The average Bonchev–Trinajstić information content (AvgIpc) is 3.07. The Morgan fingerprint density at radius 2 is 0.915 bits per heavy atom. The van der Waals surface area contributed by atoms with E-state index in [1.165, 1.54) is 57.8 Å². The third kappa shape index (κ3) is 36.0. The fourth-order valence-corrected chi connectivity index (χ4v) is 4.91. The maximum absolute atomic E-state index is 12.1. The van der Waals surface area contributed by atoms with Crippen molar-refractivity contribution in [2.45, 2.75) is 168 Å². The first kappa shape index (κ1) is 44.3. The molecule has 0 radical (unpaired) electrons. The minimum atomic E-state index is -0.795. The SMILES string of the molecule is CC/C=C\C/C=C\C/C=C\C/C=C\C/C=C\C/C=C\CCCCC(=O)OC(CO)COC(=O)CCCCCCCCCCCCCC. The molecule has 47 heavy (non-hydrogen) atoms. The lowest BCUT2D eigenvalue weighted by Crippen LogP contribution is -2.28. The lowest BCUT2D eigenvalue weighted by Gasteiger charge is -2.15. The Balaban J connectivity index is 3.70. The van der Waals surface area contributed by atoms with Gasteiger partial charge in [0.15, 0.2) is 6.10 Å². The molecule has 0 aromatic rings. The third-order valence-electron chi connectivity index (χ3n) is 7.76. The van der Waals surface area contributed by atoms with Crippen LogP contribution in [-0.4, -0.2) is 36.4 Å². The summed E-state index contributed by atoms with van der Waals surface area (Å²) in [6, 6.07) is 0. The highest BCUT2D eigenvalue weighted by Gasteiger charge is 2.16. The smallest absolute Gasteiger partial charge is 0.306 e. The van der Waals surface area contributed by atoms with Crippen LogP contribution in [0, 0.1) is 0 Å². The summed E-state index contributed by atoms with van der Waals surface area (Å²) < 4.78 is 10.5. The van der Waals surface area contributed by atoms with E-state index < -0.39 is 6.10 Å². The topological polar surface area (TPSA) is 72.8 Å². The molecular formula is C42H70O5. The predicted octanol–water partition coefficient (Wildman–Crippen LogP) is 11.8. The van der Waals surface area contributed by atoms with Crippen LogP contribution in [-0.2, 0) is 19.1 Å². The number of carbonyl (C=O) groups excluding carboxylic acids is 2. The number of aliphatic hydroxyl groups is 1. The zero-order chi connectivity index (χ0) is 34.3. The van der Waals surface area contributed by atoms with Gasteiger partial charge in [0.05, 0.1) is 6.61 Å². The van der Waals surface area contributed by atoms with E-state index in [1.54, 1.807) is 0 Å². The van der Waals surface area contributed by atoms with Crippen molar-refractivity contribution in [3.63, 3.8) is 0 Å². The van der Waals surface area contributed by atoms with Crippen molar-refractivity contribution in [3.05, 3.63) is 72.9 Å². The molecule has 1 unspecified atom stereocenters. The third-order valence-corrected chi connectivity index (χ3v) is 7.76. The van der Waals surface area contributed by atoms with Crippen LogP contribution in [0.2, 0.25) is 0 Å². The number of hydrogen-bond acceptors (Lipinski definition) is 5. The number of carbonyl (C=O) groups is 2. The first-order valence-electron chi connectivity index (χ1n) is 19.0. The van der Waals surface area contributed by atoms with Gasteiger partial charge in [-0.05, 0) is 64.2 Å². The van der Waals surface area contributed by atoms with E-state index in [1.807, 2.05) is 0 Å². The van der Waals surface area contributed by atoms with E-state index >= 15 is 0 Å². The molecule has 0 aliphatic heterocycles. The van der Waals surface area contributed by atoms with E-state index in [0.717, 1.165) is 77.0 Å². The van der Waals surface area contributed by atoms with Crippen LogP contribution in [0.4, 0.5) is 0 Å². The number of ether oxygens (including phenoxy) is 2. The molecule has 1 atom stereocenters. The first-order valence-corrected chi connectivity index (χ1v) is 19.0. The van der Waals surface area contributed by atoms with Gasteiger partial charge in [0.25, 0.3) is 0 Å². The number of rotatable bonds is 33. The highest BCUT2D eigenvalue weighted by atomic mass is 16.6. The lowest BCUT2D eigenvalue weighted by atomic mass is 10.0. The second-order valence-electron chi connectivity index (χ2n) is 12.3. The first-order chi connectivity index (χ1) is 23.1. The average molecular weight is 655 g/mol. The van der Waals surface area contributed by atoms with Crippen LogP contribution < -0.4 is 0 Å². The van der Waals surface area contributed by atoms with Gasteiger partial charge in [-0.3, -0.25) is 9.59 Å². The van der Waals surface area contributed by atoms with Gasteiger partial charge in [0.1, 0.15) is 6.61 Å². The molecule has 268 valence electrons. The van der Waals surface area contributed by atoms with Crippen LogP contribution in [0.3, 0.4) is 0 Å². The number of esters is 2.